The van der Waals surface area contributed by atoms with E-state index in [-0.39, 0.29) is 6.10 Å². The van der Waals surface area contributed by atoms with E-state index in [0.29, 0.717) is 6.54 Å². The Balaban J connectivity index is 2.63. The predicted octanol–water partition coefficient (Wildman–Crippen LogP) is 0.111. The Bertz CT molecular complexity index is 32.0. The molecule has 6 heavy (non-hydrogen) atoms. The van der Waals surface area contributed by atoms with Crippen LogP contribution < -0.4 is 4.84 Å². The monoisotopic (exact) mass is 109 g/mol. The van der Waals surface area contributed by atoms with E-state index in [4.69, 9.17) is 16.9 Å². The maximum atomic E-state index is 8.41. The van der Waals surface area contributed by atoms with Gasteiger partial charge in [0.1, 0.15) is 0 Å². The number of aliphatic hydroxyl groups excluding tert-OH is 1. The Hall–Kier alpha value is 0.210. The van der Waals surface area contributed by atoms with E-state index in [1.165, 1.54) is 0 Å². The van der Waals surface area contributed by atoms with Crippen molar-refractivity contribution in [2.75, 3.05) is 6.54 Å². The van der Waals surface area contributed by atoms with Crippen molar-refractivity contribution in [1.29, 1.82) is 0 Å². The lowest BCUT2D eigenvalue weighted by Gasteiger charge is -1.95. The van der Waals surface area contributed by atoms with E-state index in [2.05, 4.69) is 4.84 Å². The van der Waals surface area contributed by atoms with Crippen molar-refractivity contribution in [2.24, 2.45) is 0 Å². The lowest BCUT2D eigenvalue weighted by atomic mass is 10.4. The molecule has 0 rings (SSSR count). The topological polar surface area (TPSA) is 32.3 Å². The Kier molecular flexibility index (Phi) is 3.52. The van der Waals surface area contributed by atoms with Crippen LogP contribution in [-0.4, -0.2) is 17.8 Å². The fraction of sp³-hybridized carbons (Fsp3) is 1.00. The summed E-state index contributed by atoms with van der Waals surface area (Å²) >= 11 is 4.99. The smallest absolute Gasteiger partial charge is 0.0649 e. The van der Waals surface area contributed by atoms with Gasteiger partial charge >= 0.3 is 0 Å². The number of hydrogen-bond donors (Lipinski definition) is 2. The molecule has 0 fully saturated rings. The molecular formula is C3H8ClNO. The molecule has 1 unspecified atom stereocenters. The molecule has 0 aliphatic carbocycles. The average molecular weight is 110 g/mol. The molecule has 2 nitrogen and oxygen atoms in total. The molecule has 0 heterocycles. The molecule has 0 saturated carbocycles. The van der Waals surface area contributed by atoms with E-state index < -0.39 is 0 Å². The molecule has 2 N–H and O–H groups in total. The van der Waals surface area contributed by atoms with E-state index in [1.54, 1.807) is 6.92 Å². The number of halogens is 1. The Morgan fingerprint density at radius 2 is 2.50 bits per heavy atom. The second-order valence-electron chi connectivity index (χ2n) is 1.19. The van der Waals surface area contributed by atoms with Gasteiger partial charge in [0, 0.05) is 6.54 Å². The summed E-state index contributed by atoms with van der Waals surface area (Å²) in [6.45, 7) is 2.11. The minimum atomic E-state index is -0.345. The predicted molar refractivity (Wildman–Crippen MR) is 25.5 cm³/mol. The molecule has 0 aliphatic rings. The van der Waals surface area contributed by atoms with Gasteiger partial charge < -0.3 is 5.11 Å². The molecule has 38 valence electrons. The standard InChI is InChI=1S/C3H8ClNO/c1-3(6)2-5-4/h3,5-6H,2H2,1H3. The van der Waals surface area contributed by atoms with Gasteiger partial charge in [-0.15, -0.1) is 0 Å². The van der Waals surface area contributed by atoms with Gasteiger partial charge in [0.25, 0.3) is 0 Å². The van der Waals surface area contributed by atoms with Crippen molar-refractivity contribution in [2.45, 2.75) is 13.0 Å². The Morgan fingerprint density at radius 1 is 2.00 bits per heavy atom. The van der Waals surface area contributed by atoms with Crippen molar-refractivity contribution < 1.29 is 5.11 Å². The van der Waals surface area contributed by atoms with Crippen LogP contribution in [0.25, 0.3) is 0 Å². The molecule has 0 aliphatic heterocycles. The zero-order valence-electron chi connectivity index (χ0n) is 3.61. The van der Waals surface area contributed by atoms with Gasteiger partial charge in [0.2, 0.25) is 0 Å². The second kappa shape index (κ2) is 3.40. The average Bonchev–Trinajstić information content (AvgIpc) is 1.35. The highest BCUT2D eigenvalue weighted by molar-refractivity contribution is 6.13. The highest BCUT2D eigenvalue weighted by Gasteiger charge is 1.87. The minimum Gasteiger partial charge on any atom is -0.392 e. The zero-order valence-corrected chi connectivity index (χ0v) is 4.37. The van der Waals surface area contributed by atoms with E-state index in [1.807, 2.05) is 0 Å². The molecule has 1 atom stereocenters. The van der Waals surface area contributed by atoms with Gasteiger partial charge in [0.15, 0.2) is 0 Å². The highest BCUT2D eigenvalue weighted by Crippen LogP contribution is 1.73. The molecule has 0 aromatic carbocycles. The summed E-state index contributed by atoms with van der Waals surface area (Å²) in [5.41, 5.74) is 0. The van der Waals surface area contributed by atoms with E-state index in [0.717, 1.165) is 0 Å². The third-order valence-electron chi connectivity index (χ3n) is 0.373. The largest absolute Gasteiger partial charge is 0.392 e. The maximum Gasteiger partial charge on any atom is 0.0649 e. The molecule has 0 aromatic heterocycles. The molecular weight excluding hydrogens is 101 g/mol. The van der Waals surface area contributed by atoms with Gasteiger partial charge in [-0.05, 0) is 18.7 Å². The van der Waals surface area contributed by atoms with Gasteiger partial charge in [-0.3, -0.25) is 0 Å². The van der Waals surface area contributed by atoms with Crippen LogP contribution in [0.5, 0.6) is 0 Å². The molecule has 0 saturated heterocycles. The van der Waals surface area contributed by atoms with Gasteiger partial charge in [-0.1, -0.05) is 0 Å². The van der Waals surface area contributed by atoms with Crippen LogP contribution in [-0.2, 0) is 0 Å². The van der Waals surface area contributed by atoms with Crippen LogP contribution in [0.15, 0.2) is 0 Å². The lowest BCUT2D eigenvalue weighted by Crippen LogP contribution is -2.15. The number of rotatable bonds is 2. The summed E-state index contributed by atoms with van der Waals surface area (Å²) < 4.78 is 0. The molecule has 0 radical (unpaired) electrons. The van der Waals surface area contributed by atoms with E-state index in [9.17, 15) is 0 Å². The van der Waals surface area contributed by atoms with Crippen molar-refractivity contribution in [3.8, 4) is 0 Å². The zero-order chi connectivity index (χ0) is 4.99. The van der Waals surface area contributed by atoms with Crippen LogP contribution in [0, 0.1) is 0 Å². The van der Waals surface area contributed by atoms with Crippen molar-refractivity contribution in [3.63, 3.8) is 0 Å². The highest BCUT2D eigenvalue weighted by atomic mass is 35.5. The molecule has 0 spiro atoms. The van der Waals surface area contributed by atoms with Crippen LogP contribution in [0.3, 0.4) is 0 Å². The van der Waals surface area contributed by atoms with Crippen LogP contribution in [0.4, 0.5) is 0 Å². The minimum absolute atomic E-state index is 0.345. The van der Waals surface area contributed by atoms with E-state index >= 15 is 0 Å². The Labute approximate surface area is 42.2 Å². The van der Waals surface area contributed by atoms with Crippen LogP contribution in [0.1, 0.15) is 6.92 Å². The molecule has 3 heteroatoms. The first-order chi connectivity index (χ1) is 2.77. The summed E-state index contributed by atoms with van der Waals surface area (Å²) in [6, 6.07) is 0. The summed E-state index contributed by atoms with van der Waals surface area (Å²) in [5.74, 6) is 0. The summed E-state index contributed by atoms with van der Waals surface area (Å²) in [4.78, 5) is 2.29. The maximum absolute atomic E-state index is 8.41. The first-order valence-electron chi connectivity index (χ1n) is 1.79. The molecule has 0 bridgehead atoms. The molecule has 0 aromatic rings. The van der Waals surface area contributed by atoms with Crippen molar-refractivity contribution >= 4 is 11.8 Å². The quantitative estimate of drug-likeness (QED) is 0.494. The first kappa shape index (κ1) is 6.21. The summed E-state index contributed by atoms with van der Waals surface area (Å²) in [5, 5.41) is 8.41. The normalized spacial score (nSPS) is 14.5. The number of nitrogens with one attached hydrogen (secondary N) is 1. The Morgan fingerprint density at radius 3 is 2.50 bits per heavy atom. The summed E-state index contributed by atoms with van der Waals surface area (Å²) in [7, 11) is 0. The number of aliphatic hydroxyl groups is 1. The van der Waals surface area contributed by atoms with Crippen molar-refractivity contribution in [1.82, 2.24) is 4.84 Å². The molecule has 0 amide bonds. The second-order valence-corrected chi connectivity index (χ2v) is 1.45. The third kappa shape index (κ3) is 4.21. The fourth-order valence-electron chi connectivity index (χ4n) is 0.112. The van der Waals surface area contributed by atoms with Gasteiger partial charge in [-0.2, -0.15) is 0 Å². The fourth-order valence-corrected chi connectivity index (χ4v) is 0.335. The van der Waals surface area contributed by atoms with Crippen LogP contribution in [0.2, 0.25) is 0 Å². The SMILES string of the molecule is CC(O)CNCl. The summed E-state index contributed by atoms with van der Waals surface area (Å²) in [6.07, 6.45) is -0.345. The van der Waals surface area contributed by atoms with Crippen LogP contribution >= 0.6 is 11.8 Å². The first-order valence-corrected chi connectivity index (χ1v) is 2.16. The van der Waals surface area contributed by atoms with Gasteiger partial charge in [-0.25, -0.2) is 4.84 Å². The lowest BCUT2D eigenvalue weighted by molar-refractivity contribution is 0.199. The third-order valence-corrected chi connectivity index (χ3v) is 0.527. The number of hydrogen-bond acceptors (Lipinski definition) is 2. The van der Waals surface area contributed by atoms with Gasteiger partial charge in [0.05, 0.1) is 6.10 Å². The van der Waals surface area contributed by atoms with Crippen molar-refractivity contribution in [3.05, 3.63) is 0 Å².